The summed E-state index contributed by atoms with van der Waals surface area (Å²) in [7, 11) is 0. The molecule has 0 bridgehead atoms. The van der Waals surface area contributed by atoms with E-state index in [0.717, 1.165) is 17.8 Å². The molecule has 9 heteroatoms. The first kappa shape index (κ1) is 26.2. The highest BCUT2D eigenvalue weighted by atomic mass is 35.5. The molecule has 2 N–H and O–H groups in total. The number of hydrogen-bond acceptors (Lipinski definition) is 5. The third-order valence-electron chi connectivity index (χ3n) is 5.02. The summed E-state index contributed by atoms with van der Waals surface area (Å²) >= 11 is 12.1. The van der Waals surface area contributed by atoms with Crippen LogP contribution in [0.5, 0.6) is 0 Å². The maximum absolute atomic E-state index is 12.5. The fraction of sp³-hybridized carbons (Fsp3) is 0.231. The number of carboxylic acids is 1. The lowest BCUT2D eigenvalue weighted by atomic mass is 10.1. The highest BCUT2D eigenvalue weighted by Gasteiger charge is 2.22. The van der Waals surface area contributed by atoms with Gasteiger partial charge in [0.2, 0.25) is 5.95 Å². The van der Waals surface area contributed by atoms with Gasteiger partial charge in [-0.2, -0.15) is 0 Å². The summed E-state index contributed by atoms with van der Waals surface area (Å²) in [6.45, 7) is 5.02. The normalized spacial score (nSPS) is 12.0. The molecule has 1 heterocycles. The summed E-state index contributed by atoms with van der Waals surface area (Å²) in [5, 5.41) is 12.3. The summed E-state index contributed by atoms with van der Waals surface area (Å²) in [5.41, 5.74) is 1.89. The average Bonchev–Trinajstić information content (AvgIpc) is 2.82. The van der Waals surface area contributed by atoms with Gasteiger partial charge in [0.05, 0.1) is 15.6 Å². The van der Waals surface area contributed by atoms with Crippen molar-refractivity contribution in [2.24, 2.45) is 5.92 Å². The van der Waals surface area contributed by atoms with E-state index in [9.17, 15) is 14.7 Å². The number of carbonyl (C=O) groups excluding carboxylic acids is 1. The number of aliphatic carboxylic acids is 1. The van der Waals surface area contributed by atoms with Gasteiger partial charge in [-0.05, 0) is 48.2 Å². The minimum atomic E-state index is -1.16. The molecule has 0 fully saturated rings. The second kappa shape index (κ2) is 12.3. The SMILES string of the molecule is CC(C)CN(c1ccc(/C=C/CC(NC(=O)c2c(Cl)cccc2Cl)C(=O)O)cc1)c1ncccn1. The van der Waals surface area contributed by atoms with Gasteiger partial charge in [0, 0.05) is 24.6 Å². The van der Waals surface area contributed by atoms with Crippen molar-refractivity contribution >= 4 is 52.8 Å². The minimum Gasteiger partial charge on any atom is -0.480 e. The van der Waals surface area contributed by atoms with Crippen molar-refractivity contribution in [3.8, 4) is 0 Å². The number of rotatable bonds is 10. The van der Waals surface area contributed by atoms with Crippen LogP contribution in [0.4, 0.5) is 11.6 Å². The molecule has 2 aromatic carbocycles. The molecule has 1 unspecified atom stereocenters. The molecule has 1 atom stereocenters. The smallest absolute Gasteiger partial charge is 0.326 e. The van der Waals surface area contributed by atoms with Crippen molar-refractivity contribution in [2.75, 3.05) is 11.4 Å². The van der Waals surface area contributed by atoms with Gasteiger partial charge in [0.25, 0.3) is 5.91 Å². The van der Waals surface area contributed by atoms with Gasteiger partial charge < -0.3 is 15.3 Å². The lowest BCUT2D eigenvalue weighted by Gasteiger charge is -2.24. The van der Waals surface area contributed by atoms with Crippen LogP contribution in [-0.2, 0) is 4.79 Å². The van der Waals surface area contributed by atoms with Crippen LogP contribution in [0.25, 0.3) is 6.08 Å². The van der Waals surface area contributed by atoms with Gasteiger partial charge in [0.1, 0.15) is 6.04 Å². The predicted molar refractivity (Wildman–Crippen MR) is 139 cm³/mol. The molecule has 0 saturated heterocycles. The maximum atomic E-state index is 12.5. The molecule has 0 aliphatic rings. The van der Waals surface area contributed by atoms with Crippen LogP contribution < -0.4 is 10.2 Å². The molecule has 0 aliphatic carbocycles. The topological polar surface area (TPSA) is 95.4 Å². The lowest BCUT2D eigenvalue weighted by molar-refractivity contribution is -0.139. The van der Waals surface area contributed by atoms with E-state index >= 15 is 0 Å². The van der Waals surface area contributed by atoms with Crippen molar-refractivity contribution in [3.05, 3.63) is 88.2 Å². The van der Waals surface area contributed by atoms with Crippen molar-refractivity contribution in [1.29, 1.82) is 0 Å². The number of nitrogens with one attached hydrogen (secondary N) is 1. The Bertz CT molecular complexity index is 1160. The molecule has 182 valence electrons. The number of anilines is 2. The third-order valence-corrected chi connectivity index (χ3v) is 5.65. The van der Waals surface area contributed by atoms with Gasteiger partial charge in [-0.3, -0.25) is 4.79 Å². The maximum Gasteiger partial charge on any atom is 0.326 e. The Hall–Kier alpha value is -3.42. The molecule has 0 spiro atoms. The van der Waals surface area contributed by atoms with E-state index in [-0.39, 0.29) is 22.0 Å². The Balaban J connectivity index is 1.68. The predicted octanol–water partition coefficient (Wildman–Crippen LogP) is 5.86. The van der Waals surface area contributed by atoms with Crippen molar-refractivity contribution in [3.63, 3.8) is 0 Å². The Morgan fingerprint density at radius 2 is 1.66 bits per heavy atom. The molecular weight excluding hydrogens is 487 g/mol. The van der Waals surface area contributed by atoms with Crippen molar-refractivity contribution < 1.29 is 14.7 Å². The van der Waals surface area contributed by atoms with Gasteiger partial charge in [-0.1, -0.05) is 67.4 Å². The number of halogens is 2. The quantitative estimate of drug-likeness (QED) is 0.353. The van der Waals surface area contributed by atoms with Crippen LogP contribution >= 0.6 is 23.2 Å². The molecule has 35 heavy (non-hydrogen) atoms. The second-order valence-electron chi connectivity index (χ2n) is 8.24. The van der Waals surface area contributed by atoms with E-state index in [2.05, 4.69) is 29.1 Å². The van der Waals surface area contributed by atoms with Gasteiger partial charge in [-0.15, -0.1) is 0 Å². The zero-order chi connectivity index (χ0) is 25.4. The largest absolute Gasteiger partial charge is 0.480 e. The number of hydrogen-bond donors (Lipinski definition) is 2. The standard InChI is InChI=1S/C26H26Cl2N4O3/c1-17(2)16-32(26-29-14-5-15-30-26)19-12-10-18(11-13-19)6-3-9-22(25(34)35)31-24(33)23-20(27)7-4-8-21(23)28/h3-8,10-15,17,22H,9,16H2,1-2H3,(H,31,33)(H,34,35)/b6-3+. The van der Waals surface area contributed by atoms with Crippen LogP contribution in [-0.4, -0.2) is 39.5 Å². The molecule has 3 rings (SSSR count). The Kier molecular flexibility index (Phi) is 9.23. The molecule has 1 amide bonds. The van der Waals surface area contributed by atoms with E-state index in [0.29, 0.717) is 11.9 Å². The number of carboxylic acid groups (broad SMARTS) is 1. The first-order chi connectivity index (χ1) is 16.8. The number of benzene rings is 2. The first-order valence-electron chi connectivity index (χ1n) is 11.0. The zero-order valence-electron chi connectivity index (χ0n) is 19.4. The monoisotopic (exact) mass is 512 g/mol. The summed E-state index contributed by atoms with van der Waals surface area (Å²) in [6, 6.07) is 13.1. The van der Waals surface area contributed by atoms with Crippen LogP contribution in [0.3, 0.4) is 0 Å². The molecule has 3 aromatic rings. The fourth-order valence-electron chi connectivity index (χ4n) is 3.37. The molecule has 0 aliphatic heterocycles. The third kappa shape index (κ3) is 7.28. The molecule has 1 aromatic heterocycles. The molecule has 0 radical (unpaired) electrons. The highest BCUT2D eigenvalue weighted by molar-refractivity contribution is 6.39. The first-order valence-corrected chi connectivity index (χ1v) is 11.8. The molecule has 0 saturated carbocycles. The van der Waals surface area contributed by atoms with Gasteiger partial charge in [0.15, 0.2) is 0 Å². The van der Waals surface area contributed by atoms with Crippen LogP contribution in [0.15, 0.2) is 67.0 Å². The average molecular weight is 513 g/mol. The molecule has 7 nitrogen and oxygen atoms in total. The summed E-state index contributed by atoms with van der Waals surface area (Å²) in [4.78, 5) is 35.0. The highest BCUT2D eigenvalue weighted by Crippen LogP contribution is 2.25. The Morgan fingerprint density at radius 3 is 2.23 bits per heavy atom. The summed E-state index contributed by atoms with van der Waals surface area (Å²) < 4.78 is 0. The van der Waals surface area contributed by atoms with E-state index < -0.39 is 17.9 Å². The number of nitrogens with zero attached hydrogens (tertiary/aromatic N) is 3. The summed E-state index contributed by atoms with van der Waals surface area (Å²) in [5.74, 6) is -0.766. The van der Waals surface area contributed by atoms with Gasteiger partial charge >= 0.3 is 5.97 Å². The van der Waals surface area contributed by atoms with E-state index in [1.807, 2.05) is 29.2 Å². The van der Waals surface area contributed by atoms with Crippen molar-refractivity contribution in [1.82, 2.24) is 15.3 Å². The van der Waals surface area contributed by atoms with E-state index in [1.165, 1.54) is 12.1 Å². The summed E-state index contributed by atoms with van der Waals surface area (Å²) in [6.07, 6.45) is 7.02. The van der Waals surface area contributed by atoms with Crippen LogP contribution in [0.2, 0.25) is 10.0 Å². The van der Waals surface area contributed by atoms with Crippen LogP contribution in [0, 0.1) is 5.92 Å². The minimum absolute atomic E-state index is 0.0509. The Labute approximate surface area is 214 Å². The number of aromatic nitrogens is 2. The second-order valence-corrected chi connectivity index (χ2v) is 9.06. The van der Waals surface area contributed by atoms with E-state index in [1.54, 1.807) is 36.7 Å². The van der Waals surface area contributed by atoms with E-state index in [4.69, 9.17) is 23.2 Å². The zero-order valence-corrected chi connectivity index (χ0v) is 20.9. The fourth-order valence-corrected chi connectivity index (χ4v) is 3.94. The van der Waals surface area contributed by atoms with Crippen LogP contribution in [0.1, 0.15) is 36.2 Å². The number of carbonyl (C=O) groups is 2. The number of amides is 1. The van der Waals surface area contributed by atoms with Crippen molar-refractivity contribution in [2.45, 2.75) is 26.3 Å². The Morgan fingerprint density at radius 1 is 1.03 bits per heavy atom. The lowest BCUT2D eigenvalue weighted by Crippen LogP contribution is -2.40. The van der Waals surface area contributed by atoms with Gasteiger partial charge in [-0.25, -0.2) is 14.8 Å². The molecular formula is C26H26Cl2N4O3.